The van der Waals surface area contributed by atoms with Gasteiger partial charge in [-0.05, 0) is 43.5 Å². The van der Waals surface area contributed by atoms with Gasteiger partial charge in [-0.2, -0.15) is 0 Å². The van der Waals surface area contributed by atoms with Crippen molar-refractivity contribution >= 4 is 5.69 Å². The standard InChI is InChI=1S/C15H24N2O2/c1-19-15-7-6-11(10-13(15)16)14(18)8-9-17-12-4-2-3-5-12/h6-7,10,12,14,17-18H,2-5,8-9,16H2,1H3. The number of rotatable bonds is 6. The van der Waals surface area contributed by atoms with Crippen LogP contribution in [-0.2, 0) is 0 Å². The van der Waals surface area contributed by atoms with Crippen LogP contribution in [0.3, 0.4) is 0 Å². The van der Waals surface area contributed by atoms with Crippen molar-refractivity contribution in [2.45, 2.75) is 44.2 Å². The molecule has 1 saturated carbocycles. The van der Waals surface area contributed by atoms with E-state index < -0.39 is 6.10 Å². The van der Waals surface area contributed by atoms with Gasteiger partial charge in [-0.15, -0.1) is 0 Å². The molecule has 19 heavy (non-hydrogen) atoms. The number of ether oxygens (including phenoxy) is 1. The summed E-state index contributed by atoms with van der Waals surface area (Å²) in [6, 6.07) is 6.11. The Hall–Kier alpha value is -1.26. The minimum Gasteiger partial charge on any atom is -0.495 e. The molecule has 1 unspecified atom stereocenters. The molecule has 4 N–H and O–H groups in total. The van der Waals surface area contributed by atoms with Crippen LogP contribution in [0.2, 0.25) is 0 Å². The predicted molar refractivity (Wildman–Crippen MR) is 77.2 cm³/mol. The van der Waals surface area contributed by atoms with Gasteiger partial charge in [-0.1, -0.05) is 18.9 Å². The Kier molecular flexibility index (Phi) is 5.05. The Morgan fingerprint density at radius 3 is 2.79 bits per heavy atom. The minimum atomic E-state index is -0.470. The van der Waals surface area contributed by atoms with Gasteiger partial charge in [0.1, 0.15) is 5.75 Å². The Morgan fingerprint density at radius 1 is 1.42 bits per heavy atom. The Bertz CT molecular complexity index is 403. The number of nitrogens with one attached hydrogen (secondary N) is 1. The van der Waals surface area contributed by atoms with Gasteiger partial charge in [0.2, 0.25) is 0 Å². The molecule has 0 saturated heterocycles. The predicted octanol–water partition coefficient (Wildman–Crippen LogP) is 2.23. The molecule has 1 aliphatic carbocycles. The molecule has 0 amide bonds. The lowest BCUT2D eigenvalue weighted by Gasteiger charge is -2.16. The molecular weight excluding hydrogens is 240 g/mol. The van der Waals surface area contributed by atoms with Crippen LogP contribution in [0.1, 0.15) is 43.8 Å². The highest BCUT2D eigenvalue weighted by molar-refractivity contribution is 5.54. The molecule has 106 valence electrons. The van der Waals surface area contributed by atoms with Gasteiger partial charge in [0.15, 0.2) is 0 Å². The van der Waals surface area contributed by atoms with Crippen LogP contribution in [-0.4, -0.2) is 24.8 Å². The first-order valence-electron chi connectivity index (χ1n) is 7.05. The van der Waals surface area contributed by atoms with Crippen LogP contribution in [0.25, 0.3) is 0 Å². The number of nitrogen functional groups attached to an aromatic ring is 1. The zero-order valence-electron chi connectivity index (χ0n) is 11.6. The number of methoxy groups -OCH3 is 1. The molecule has 0 aliphatic heterocycles. The highest BCUT2D eigenvalue weighted by Gasteiger charge is 2.15. The summed E-state index contributed by atoms with van der Waals surface area (Å²) >= 11 is 0. The minimum absolute atomic E-state index is 0.470. The van der Waals surface area contributed by atoms with Gasteiger partial charge >= 0.3 is 0 Å². The van der Waals surface area contributed by atoms with Crippen LogP contribution in [0.4, 0.5) is 5.69 Å². The van der Waals surface area contributed by atoms with E-state index in [2.05, 4.69) is 5.32 Å². The van der Waals surface area contributed by atoms with E-state index in [0.29, 0.717) is 23.9 Å². The molecule has 2 rings (SSSR count). The van der Waals surface area contributed by atoms with Crippen molar-refractivity contribution in [1.29, 1.82) is 0 Å². The quantitative estimate of drug-likeness (QED) is 0.689. The van der Waals surface area contributed by atoms with Crippen molar-refractivity contribution in [3.8, 4) is 5.75 Å². The number of nitrogens with two attached hydrogens (primary N) is 1. The van der Waals surface area contributed by atoms with Crippen molar-refractivity contribution in [2.24, 2.45) is 0 Å². The number of hydrogen-bond acceptors (Lipinski definition) is 4. The first-order valence-corrected chi connectivity index (χ1v) is 7.05. The van der Waals surface area contributed by atoms with E-state index in [0.717, 1.165) is 12.1 Å². The zero-order chi connectivity index (χ0) is 13.7. The summed E-state index contributed by atoms with van der Waals surface area (Å²) in [7, 11) is 1.59. The Balaban J connectivity index is 1.81. The van der Waals surface area contributed by atoms with Crippen LogP contribution >= 0.6 is 0 Å². The van der Waals surface area contributed by atoms with Crippen LogP contribution in [0.5, 0.6) is 5.75 Å². The fraction of sp³-hybridized carbons (Fsp3) is 0.600. The maximum Gasteiger partial charge on any atom is 0.141 e. The van der Waals surface area contributed by atoms with Crippen LogP contribution < -0.4 is 15.8 Å². The molecule has 1 aliphatic rings. The SMILES string of the molecule is COc1ccc(C(O)CCNC2CCCC2)cc1N. The van der Waals surface area contributed by atoms with Gasteiger partial charge in [0.05, 0.1) is 18.9 Å². The zero-order valence-corrected chi connectivity index (χ0v) is 11.6. The third-order valence-electron chi connectivity index (χ3n) is 3.84. The van der Waals surface area contributed by atoms with E-state index in [1.165, 1.54) is 25.7 Å². The molecule has 1 aromatic carbocycles. The maximum atomic E-state index is 10.1. The lowest BCUT2D eigenvalue weighted by Crippen LogP contribution is -2.27. The third-order valence-corrected chi connectivity index (χ3v) is 3.84. The lowest BCUT2D eigenvalue weighted by molar-refractivity contribution is 0.165. The molecule has 1 aromatic rings. The summed E-state index contributed by atoms with van der Waals surface area (Å²) in [5.41, 5.74) is 7.27. The fourth-order valence-corrected chi connectivity index (χ4v) is 2.68. The van der Waals surface area contributed by atoms with E-state index in [1.54, 1.807) is 19.2 Å². The van der Waals surface area contributed by atoms with Gasteiger partial charge in [0.25, 0.3) is 0 Å². The molecule has 0 bridgehead atoms. The van der Waals surface area contributed by atoms with E-state index in [4.69, 9.17) is 10.5 Å². The van der Waals surface area contributed by atoms with Crippen molar-refractivity contribution in [1.82, 2.24) is 5.32 Å². The summed E-state index contributed by atoms with van der Waals surface area (Å²) in [6.07, 6.45) is 5.44. The second-order valence-corrected chi connectivity index (χ2v) is 5.24. The summed E-state index contributed by atoms with van der Waals surface area (Å²) in [5.74, 6) is 0.653. The van der Waals surface area contributed by atoms with Crippen molar-refractivity contribution in [3.05, 3.63) is 23.8 Å². The first-order chi connectivity index (χ1) is 9.20. The molecule has 0 aromatic heterocycles. The second-order valence-electron chi connectivity index (χ2n) is 5.24. The van der Waals surface area contributed by atoms with Crippen LogP contribution in [0.15, 0.2) is 18.2 Å². The molecule has 4 nitrogen and oxygen atoms in total. The number of benzene rings is 1. The smallest absolute Gasteiger partial charge is 0.141 e. The van der Waals surface area contributed by atoms with E-state index in [9.17, 15) is 5.11 Å². The first kappa shape index (κ1) is 14.2. The normalized spacial score (nSPS) is 17.6. The van der Waals surface area contributed by atoms with Gasteiger partial charge in [-0.25, -0.2) is 0 Å². The van der Waals surface area contributed by atoms with E-state index >= 15 is 0 Å². The van der Waals surface area contributed by atoms with Crippen LogP contribution in [0, 0.1) is 0 Å². The van der Waals surface area contributed by atoms with Crippen molar-refractivity contribution in [2.75, 3.05) is 19.4 Å². The van der Waals surface area contributed by atoms with E-state index in [1.807, 2.05) is 6.07 Å². The fourth-order valence-electron chi connectivity index (χ4n) is 2.68. The molecule has 1 atom stereocenters. The van der Waals surface area contributed by atoms with Gasteiger partial charge < -0.3 is 20.9 Å². The highest BCUT2D eigenvalue weighted by atomic mass is 16.5. The number of anilines is 1. The highest BCUT2D eigenvalue weighted by Crippen LogP contribution is 2.26. The van der Waals surface area contributed by atoms with Crippen molar-refractivity contribution < 1.29 is 9.84 Å². The molecule has 1 fully saturated rings. The summed E-state index contributed by atoms with van der Waals surface area (Å²) in [5, 5.41) is 13.6. The van der Waals surface area contributed by atoms with Gasteiger partial charge in [0, 0.05) is 6.04 Å². The molecule has 0 spiro atoms. The maximum absolute atomic E-state index is 10.1. The van der Waals surface area contributed by atoms with E-state index in [-0.39, 0.29) is 0 Å². The van der Waals surface area contributed by atoms with Crippen molar-refractivity contribution in [3.63, 3.8) is 0 Å². The number of aliphatic hydroxyl groups excluding tert-OH is 1. The Labute approximate surface area is 115 Å². The summed E-state index contributed by atoms with van der Waals surface area (Å²) in [4.78, 5) is 0. The molecular formula is C15H24N2O2. The van der Waals surface area contributed by atoms with Gasteiger partial charge in [-0.3, -0.25) is 0 Å². The number of hydrogen-bond donors (Lipinski definition) is 3. The topological polar surface area (TPSA) is 67.5 Å². The monoisotopic (exact) mass is 264 g/mol. The lowest BCUT2D eigenvalue weighted by atomic mass is 10.1. The largest absolute Gasteiger partial charge is 0.495 e. The molecule has 0 heterocycles. The number of aliphatic hydroxyl groups is 1. The average molecular weight is 264 g/mol. The summed E-state index contributed by atoms with van der Waals surface area (Å²) < 4.78 is 5.11. The Morgan fingerprint density at radius 2 is 2.16 bits per heavy atom. The molecule has 4 heteroatoms. The second kappa shape index (κ2) is 6.78. The third kappa shape index (κ3) is 3.85. The average Bonchev–Trinajstić information content (AvgIpc) is 2.91. The molecule has 0 radical (unpaired) electrons. The summed E-state index contributed by atoms with van der Waals surface area (Å²) in [6.45, 7) is 0.845.